The van der Waals surface area contributed by atoms with Gasteiger partial charge in [-0.2, -0.15) is 48.9 Å². The summed E-state index contributed by atoms with van der Waals surface area (Å²) in [5.41, 5.74) is 17.3. The average molecular weight is 2020 g/mol. The van der Waals surface area contributed by atoms with Crippen molar-refractivity contribution in [3.8, 4) is 33.8 Å². The molecule has 145 heavy (non-hydrogen) atoms. The number of aromatic nitrogens is 11. The van der Waals surface area contributed by atoms with Crippen molar-refractivity contribution in [2.24, 2.45) is 38.2 Å². The molecule has 2 aromatic carbocycles. The van der Waals surface area contributed by atoms with Crippen molar-refractivity contribution < 1.29 is 80.5 Å². The number of rotatable bonds is 17. The molecule has 2 saturated heterocycles. The van der Waals surface area contributed by atoms with E-state index in [0.717, 1.165) is 190 Å². The number of amides is 10. The summed E-state index contributed by atoms with van der Waals surface area (Å²) in [4.78, 5) is 136. The topological polar surface area (TPSA) is 463 Å². The maximum atomic E-state index is 13.9. The predicted molar refractivity (Wildman–Crippen MR) is 542 cm³/mol. The predicted octanol–water partition coefficient (Wildman–Crippen LogP) is 11.9. The van der Waals surface area contributed by atoms with Gasteiger partial charge in [0.25, 0.3) is 0 Å². The molecule has 0 radical (unpaired) electrons. The van der Waals surface area contributed by atoms with Gasteiger partial charge >= 0.3 is 30.2 Å². The van der Waals surface area contributed by atoms with E-state index in [4.69, 9.17) is 25.8 Å². The molecule has 10 amide bonds. The van der Waals surface area contributed by atoms with Gasteiger partial charge in [0.15, 0.2) is 23.3 Å². The molecule has 15 rings (SSSR count). The summed E-state index contributed by atoms with van der Waals surface area (Å²) in [6, 6.07) is 4.86. The molecule has 6 aromatic heterocycles. The molecule has 1 unspecified atom stereocenters. The van der Waals surface area contributed by atoms with Crippen molar-refractivity contribution >= 4 is 59.7 Å². The first-order chi connectivity index (χ1) is 68.1. The quantitative estimate of drug-likeness (QED) is 0.0377. The van der Waals surface area contributed by atoms with Gasteiger partial charge in [0.05, 0.1) is 82.9 Å². The van der Waals surface area contributed by atoms with Crippen LogP contribution in [0.1, 0.15) is 261 Å². The number of nitrogens with two attached hydrogens (primary N) is 1. The third kappa shape index (κ3) is 27.8. The summed E-state index contributed by atoms with van der Waals surface area (Å²) < 4.78 is 67.0. The highest BCUT2D eigenvalue weighted by molar-refractivity contribution is 5.92. The number of piperidine rings is 2. The Bertz CT molecular complexity index is 5970. The maximum absolute atomic E-state index is 13.9. The third-order valence-electron chi connectivity index (χ3n) is 27.9. The van der Waals surface area contributed by atoms with Gasteiger partial charge in [0.1, 0.15) is 30.2 Å². The number of primary amides is 1. The van der Waals surface area contributed by atoms with Crippen molar-refractivity contribution in [2.75, 3.05) is 81.2 Å². The van der Waals surface area contributed by atoms with E-state index in [0.29, 0.717) is 96.6 Å². The Labute approximate surface area is 846 Å². The number of hydrogen-bond donors (Lipinski definition) is 12. The van der Waals surface area contributed by atoms with Crippen LogP contribution in [-0.4, -0.2) is 251 Å². The summed E-state index contributed by atoms with van der Waals surface area (Å²) in [6.07, 6.45) is 18.8. The van der Waals surface area contributed by atoms with Crippen molar-refractivity contribution in [1.82, 2.24) is 112 Å². The molecular weight excluding hydrogens is 1870 g/mol. The number of nitrogens with zero attached hydrogens (tertiary/aromatic N) is 13. The van der Waals surface area contributed by atoms with Crippen LogP contribution >= 0.6 is 0 Å². The SMILES string of the molecule is CC1(C)CCc2c(c(-c3ccc(F)c(F)c3)nn2C(=O)N[C@H](C(N)=O)C(C)(C)C)C1.CN1CCC(c2nn(C(=O)N[C@H](C(=O)NCCO)C(C)(C)C)c3c2COCC3)CC1.CNC(=O)[C@@H](NC(=O)n1nc(-c2ccc(F)c(F)c2)c2c1CCC(O)C2)C(C)(C)C.CNC(=O)[C@@H](NC(=O)n1nc(-c2cccnc2)c2c1CCCC2)C(C)(C)C.CNC(=O)[C@@H](NC(=O)n1nc(C2CCN(C)CC2)c2c1CCCC2)C(C)(C)C. The monoisotopic (exact) mass is 2020 g/mol. The molecule has 3 aliphatic heterocycles. The standard InChI is InChI=1S/C22H28F2N4O2.C21H26F2N4O3.C21H35N5O4.C21H35N5O2.C20H27N5O2/c1-21(2,3)18(19(25)29)26-20(30)28-16-8-9-22(4,5)11-13(16)17(27-28)12-6-7-14(23)15(24)10-12;1-21(2,3)18(19(29)24-4)25-20(30)27-16-8-6-12(28)10-13(16)17(26-27)11-5-7-14(22)15(23)9-11;1-21(2,3)18(19(28)22-8-11-27)23-20(29)26-16-7-12-30-13-15(16)17(24-26)14-5-9-25(4)10-6-14;1-21(2,3)18(19(27)22-4)23-20(28)26-16-9-7-6-8-15(16)17(24-26)14-10-12-25(5)13-11-14;1-20(2,3)17(18(26)21-4)23-19(27)25-15-10-6-5-9-14(15)16(24-25)13-8-7-11-22-12-13/h6-7,10,18H,8-9,11H2,1-5H3,(H2,25,29)(H,26,30);5,7,9,12,18,28H,6,8,10H2,1-4H3,(H,24,29)(H,25,30);14,18,27H,5-13H2,1-4H3,(H,22,28)(H,23,29);14,18H,6-13H2,1-5H3,(H,22,27)(H,23,28);7-8,11-12,17H,5-6,9-10H2,1-4H3,(H,21,26)(H,23,27)/t18-;12?,18-;2*18-;17-/m11111/s1. The molecule has 6 atom stereocenters. The highest BCUT2D eigenvalue weighted by Crippen LogP contribution is 2.43. The van der Waals surface area contributed by atoms with Gasteiger partial charge in [0.2, 0.25) is 29.5 Å². The minimum Gasteiger partial charge on any atom is -0.395 e. The molecule has 9 heterocycles. The molecule has 2 fully saturated rings. The molecule has 40 heteroatoms. The van der Waals surface area contributed by atoms with E-state index in [9.17, 15) is 70.6 Å². The maximum Gasteiger partial charge on any atom is 0.343 e. The number of fused-ring (bicyclic) bond motifs is 5. The van der Waals surface area contributed by atoms with E-state index in [1.165, 1.54) is 43.5 Å². The number of aliphatic hydroxyl groups excluding tert-OH is 2. The van der Waals surface area contributed by atoms with Crippen LogP contribution in [-0.2, 0) is 93.1 Å². The van der Waals surface area contributed by atoms with E-state index in [2.05, 4.69) is 106 Å². The number of aliphatic hydroxyl groups is 2. The minimum absolute atomic E-state index is 0.0220. The summed E-state index contributed by atoms with van der Waals surface area (Å²) in [6.45, 7) is 37.6. The number of ether oxygens (including phenoxy) is 1. The zero-order valence-corrected chi connectivity index (χ0v) is 88.3. The summed E-state index contributed by atoms with van der Waals surface area (Å²) >= 11 is 0. The van der Waals surface area contributed by atoms with Gasteiger partial charge < -0.3 is 78.3 Å². The molecule has 13 N–H and O–H groups in total. The highest BCUT2D eigenvalue weighted by Gasteiger charge is 2.44. The normalized spacial score (nSPS) is 17.6. The zero-order chi connectivity index (χ0) is 107. The Morgan fingerprint density at radius 1 is 0.448 bits per heavy atom. The van der Waals surface area contributed by atoms with Crippen molar-refractivity contribution in [3.05, 3.63) is 152 Å². The Morgan fingerprint density at radius 3 is 1.23 bits per heavy atom. The summed E-state index contributed by atoms with van der Waals surface area (Å²) in [5.74, 6) is -4.88. The largest absolute Gasteiger partial charge is 0.395 e. The highest BCUT2D eigenvalue weighted by atomic mass is 19.2. The fraction of sp³-hybridized carbons (Fsp3) is 0.600. The number of carbonyl (C=O) groups is 10. The first-order valence-electron chi connectivity index (χ1n) is 50.4. The van der Waals surface area contributed by atoms with Gasteiger partial charge in [0, 0.05) is 104 Å². The van der Waals surface area contributed by atoms with Gasteiger partial charge in [-0.3, -0.25) is 29.0 Å². The lowest BCUT2D eigenvalue weighted by atomic mass is 9.75. The fourth-order valence-electron chi connectivity index (χ4n) is 19.6. The second-order valence-corrected chi connectivity index (χ2v) is 45.1. The van der Waals surface area contributed by atoms with Gasteiger partial charge in [-0.1, -0.05) is 118 Å². The van der Waals surface area contributed by atoms with E-state index in [1.807, 2.05) is 95.2 Å². The lowest BCUT2D eigenvalue weighted by Gasteiger charge is -2.31. The van der Waals surface area contributed by atoms with Crippen LogP contribution in [0.25, 0.3) is 33.8 Å². The smallest absolute Gasteiger partial charge is 0.343 e. The number of carbonyl (C=O) groups excluding carboxylic acids is 10. The van der Waals surface area contributed by atoms with Gasteiger partial charge in [-0.25, -0.2) is 41.5 Å². The fourth-order valence-corrected chi connectivity index (χ4v) is 19.6. The van der Waals surface area contributed by atoms with Gasteiger partial charge in [-0.05, 0) is 236 Å². The van der Waals surface area contributed by atoms with Gasteiger partial charge in [-0.15, -0.1) is 0 Å². The van der Waals surface area contributed by atoms with Crippen LogP contribution in [0.3, 0.4) is 0 Å². The van der Waals surface area contributed by atoms with E-state index in [1.54, 1.807) is 51.9 Å². The zero-order valence-electron chi connectivity index (χ0n) is 88.3. The van der Waals surface area contributed by atoms with Crippen LogP contribution < -0.4 is 53.6 Å². The van der Waals surface area contributed by atoms with Crippen LogP contribution in [0, 0.1) is 55.8 Å². The van der Waals surface area contributed by atoms with Crippen LogP contribution in [0.5, 0.6) is 0 Å². The number of pyridine rings is 1. The van der Waals surface area contributed by atoms with Crippen molar-refractivity contribution in [1.29, 1.82) is 0 Å². The molecule has 0 saturated carbocycles. The Hall–Kier alpha value is -12.1. The Balaban J connectivity index is 0.000000173. The second kappa shape index (κ2) is 47.6. The Morgan fingerprint density at radius 2 is 0.821 bits per heavy atom. The van der Waals surface area contributed by atoms with Crippen molar-refractivity contribution in [2.45, 2.75) is 294 Å². The number of benzene rings is 2. The van der Waals surface area contributed by atoms with Crippen LogP contribution in [0.15, 0.2) is 60.9 Å². The molecule has 7 aliphatic rings. The third-order valence-corrected chi connectivity index (χ3v) is 27.9. The number of likely N-dealkylation sites (N-methyl/N-ethyl adjacent to an activating group) is 3. The molecule has 36 nitrogen and oxygen atoms in total. The van der Waals surface area contributed by atoms with E-state index in [-0.39, 0.29) is 66.1 Å². The first-order valence-corrected chi connectivity index (χ1v) is 50.4. The number of nitrogens with one attached hydrogen (secondary N) is 9. The second-order valence-electron chi connectivity index (χ2n) is 45.1. The van der Waals surface area contributed by atoms with Crippen LogP contribution in [0.4, 0.5) is 41.5 Å². The molecule has 792 valence electrons. The molecule has 8 aromatic rings. The number of likely N-dealkylation sites (tertiary alicyclic amines) is 2. The van der Waals surface area contributed by atoms with Crippen LogP contribution in [0.2, 0.25) is 0 Å². The molecule has 4 aliphatic carbocycles. The lowest BCUT2D eigenvalue weighted by molar-refractivity contribution is -0.126. The number of hydrogen-bond acceptors (Lipinski definition) is 21. The lowest BCUT2D eigenvalue weighted by Crippen LogP contribution is -2.55. The molecule has 0 bridgehead atoms. The summed E-state index contributed by atoms with van der Waals surface area (Å²) in [7, 11) is 8.94. The molecular formula is C105H151F4N23O13. The Kier molecular flexibility index (Phi) is 37.1. The first kappa shape index (κ1) is 113. The average Bonchev–Trinajstić information content (AvgIpc) is 1.62. The van der Waals surface area contributed by atoms with E-state index < -0.39 is 105 Å². The minimum atomic E-state index is -1.02. The number of halogens is 4. The van der Waals surface area contributed by atoms with E-state index >= 15 is 0 Å². The molecule has 0 spiro atoms. The van der Waals surface area contributed by atoms with Crippen molar-refractivity contribution in [3.63, 3.8) is 0 Å². The summed E-state index contributed by atoms with van der Waals surface area (Å²) in [5, 5.41) is 66.7.